The minimum atomic E-state index is -4.24. The van der Waals surface area contributed by atoms with Crippen molar-refractivity contribution in [3.05, 3.63) is 94.0 Å². The highest BCUT2D eigenvalue weighted by atomic mass is 35.5. The van der Waals surface area contributed by atoms with E-state index in [1.165, 1.54) is 29.2 Å². The van der Waals surface area contributed by atoms with Crippen molar-refractivity contribution in [2.75, 3.05) is 10.8 Å². The van der Waals surface area contributed by atoms with E-state index in [1.54, 1.807) is 18.2 Å². The third-order valence-corrected chi connectivity index (χ3v) is 9.93. The van der Waals surface area contributed by atoms with Crippen LogP contribution in [0.1, 0.15) is 56.6 Å². The average molecular weight is 631 g/mol. The van der Waals surface area contributed by atoms with Crippen molar-refractivity contribution in [2.45, 2.75) is 75.9 Å². The summed E-state index contributed by atoms with van der Waals surface area (Å²) in [6, 6.07) is 19.5. The van der Waals surface area contributed by atoms with Gasteiger partial charge >= 0.3 is 0 Å². The number of benzene rings is 3. The Hall–Kier alpha value is -3.07. The molecule has 10 heteroatoms. The Balaban J connectivity index is 1.72. The van der Waals surface area contributed by atoms with Crippen LogP contribution in [-0.4, -0.2) is 43.8 Å². The van der Waals surface area contributed by atoms with Crippen LogP contribution in [-0.2, 0) is 26.2 Å². The molecule has 1 fully saturated rings. The van der Waals surface area contributed by atoms with Crippen molar-refractivity contribution >= 4 is 50.7 Å². The maximum atomic E-state index is 14.2. The third kappa shape index (κ3) is 7.85. The van der Waals surface area contributed by atoms with Crippen LogP contribution < -0.4 is 9.62 Å². The van der Waals surface area contributed by atoms with Gasteiger partial charge in [-0.2, -0.15) is 0 Å². The van der Waals surface area contributed by atoms with E-state index in [0.29, 0.717) is 6.42 Å². The molecule has 4 rings (SSSR count). The van der Waals surface area contributed by atoms with Gasteiger partial charge in [-0.15, -0.1) is 0 Å². The van der Waals surface area contributed by atoms with E-state index in [9.17, 15) is 18.0 Å². The molecule has 0 aliphatic heterocycles. The second-order valence-electron chi connectivity index (χ2n) is 10.7. The van der Waals surface area contributed by atoms with Gasteiger partial charge in [-0.25, -0.2) is 8.42 Å². The molecule has 7 nitrogen and oxygen atoms in total. The van der Waals surface area contributed by atoms with Gasteiger partial charge in [0.05, 0.1) is 15.6 Å². The second-order valence-corrected chi connectivity index (χ2v) is 13.4. The maximum Gasteiger partial charge on any atom is 0.264 e. The fourth-order valence-electron chi connectivity index (χ4n) is 5.27. The van der Waals surface area contributed by atoms with E-state index in [0.717, 1.165) is 47.5 Å². The third-order valence-electron chi connectivity index (χ3n) is 7.60. The lowest BCUT2D eigenvalue weighted by molar-refractivity contribution is -0.140. The molecular formula is C32H37Cl2N3O4S. The largest absolute Gasteiger partial charge is 0.352 e. The molecule has 0 aromatic heterocycles. The highest BCUT2D eigenvalue weighted by Crippen LogP contribution is 2.33. The van der Waals surface area contributed by atoms with Gasteiger partial charge in [0.15, 0.2) is 0 Å². The Morgan fingerprint density at radius 1 is 0.952 bits per heavy atom. The Morgan fingerprint density at radius 2 is 1.62 bits per heavy atom. The van der Waals surface area contributed by atoms with Crippen molar-refractivity contribution in [3.63, 3.8) is 0 Å². The summed E-state index contributed by atoms with van der Waals surface area (Å²) in [5.41, 5.74) is 1.79. The SMILES string of the molecule is CC[C@@H](C(=O)NC1CCCCC1)N(Cc1ccccc1)C(=O)CN(c1cc(Cl)ccc1Cl)S(=O)(=O)c1ccc(C)cc1. The summed E-state index contributed by atoms with van der Waals surface area (Å²) >= 11 is 12.8. The number of carbonyl (C=O) groups is 2. The van der Waals surface area contributed by atoms with Crippen LogP contribution in [0.25, 0.3) is 0 Å². The summed E-state index contributed by atoms with van der Waals surface area (Å²) in [6.07, 6.45) is 5.44. The molecule has 0 saturated heterocycles. The van der Waals surface area contributed by atoms with Crippen LogP contribution in [0.5, 0.6) is 0 Å². The number of hydrogen-bond acceptors (Lipinski definition) is 4. The number of anilines is 1. The molecule has 1 aliphatic rings. The summed E-state index contributed by atoms with van der Waals surface area (Å²) in [5.74, 6) is -0.765. The predicted molar refractivity (Wildman–Crippen MR) is 168 cm³/mol. The number of nitrogens with zero attached hydrogens (tertiary/aromatic N) is 2. The van der Waals surface area contributed by atoms with Crippen LogP contribution in [0.15, 0.2) is 77.7 Å². The second kappa shape index (κ2) is 14.4. The zero-order chi connectivity index (χ0) is 30.3. The molecule has 1 aliphatic carbocycles. The van der Waals surface area contributed by atoms with Gasteiger partial charge in [0.1, 0.15) is 12.6 Å². The summed E-state index contributed by atoms with van der Waals surface area (Å²) in [4.78, 5) is 29.3. The maximum absolute atomic E-state index is 14.2. The molecular weight excluding hydrogens is 593 g/mol. The minimum absolute atomic E-state index is 0.00800. The zero-order valence-corrected chi connectivity index (χ0v) is 26.3. The number of nitrogens with one attached hydrogen (secondary N) is 1. The molecule has 0 radical (unpaired) electrons. The quantitative estimate of drug-likeness (QED) is 0.254. The van der Waals surface area contributed by atoms with E-state index >= 15 is 0 Å². The van der Waals surface area contributed by atoms with Crippen molar-refractivity contribution in [3.8, 4) is 0 Å². The van der Waals surface area contributed by atoms with Gasteiger partial charge < -0.3 is 10.2 Å². The number of rotatable bonds is 11. The van der Waals surface area contributed by atoms with Gasteiger partial charge in [-0.3, -0.25) is 13.9 Å². The Morgan fingerprint density at radius 3 is 2.26 bits per heavy atom. The molecule has 0 spiro atoms. The smallest absolute Gasteiger partial charge is 0.264 e. The summed E-state index contributed by atoms with van der Waals surface area (Å²) in [5, 5.41) is 3.54. The van der Waals surface area contributed by atoms with E-state index in [1.807, 2.05) is 44.2 Å². The number of hydrogen-bond donors (Lipinski definition) is 1. The van der Waals surface area contributed by atoms with Crippen LogP contribution >= 0.6 is 23.2 Å². The van der Waals surface area contributed by atoms with Crippen molar-refractivity contribution in [1.29, 1.82) is 0 Å². The first-order valence-corrected chi connectivity index (χ1v) is 16.5. The zero-order valence-electron chi connectivity index (χ0n) is 23.9. The lowest BCUT2D eigenvalue weighted by Crippen LogP contribution is -2.54. The van der Waals surface area contributed by atoms with E-state index in [-0.39, 0.29) is 39.1 Å². The van der Waals surface area contributed by atoms with E-state index in [4.69, 9.17) is 23.2 Å². The molecule has 3 aromatic rings. The number of halogens is 2. The molecule has 0 bridgehead atoms. The monoisotopic (exact) mass is 629 g/mol. The standard InChI is InChI=1S/C32H37Cl2N3O4S/c1-3-29(32(39)35-26-12-8-5-9-13-26)36(21-24-10-6-4-7-11-24)31(38)22-37(30-20-25(33)16-19-28(30)34)42(40,41)27-17-14-23(2)15-18-27/h4,6-7,10-11,14-20,26,29H,3,5,8-9,12-13,21-22H2,1-2H3,(H,35,39)/t29-/m0/s1. The van der Waals surface area contributed by atoms with Gasteiger partial charge in [-0.05, 0) is 62.1 Å². The summed E-state index contributed by atoms with van der Waals surface area (Å²) in [6.45, 7) is 3.27. The highest BCUT2D eigenvalue weighted by molar-refractivity contribution is 7.92. The van der Waals surface area contributed by atoms with E-state index < -0.39 is 28.5 Å². The Bertz CT molecular complexity index is 1480. The van der Waals surface area contributed by atoms with Crippen LogP contribution in [0, 0.1) is 6.92 Å². The number of carbonyl (C=O) groups excluding carboxylic acids is 2. The number of aryl methyl sites for hydroxylation is 1. The van der Waals surface area contributed by atoms with Gasteiger partial charge in [0.2, 0.25) is 11.8 Å². The first-order valence-electron chi connectivity index (χ1n) is 14.3. The topological polar surface area (TPSA) is 86.8 Å². The fraction of sp³-hybridized carbons (Fsp3) is 0.375. The molecule has 1 N–H and O–H groups in total. The van der Waals surface area contributed by atoms with Gasteiger partial charge in [-0.1, -0.05) is 97.4 Å². The van der Waals surface area contributed by atoms with Crippen molar-refractivity contribution < 1.29 is 18.0 Å². The first-order chi connectivity index (χ1) is 20.1. The van der Waals surface area contributed by atoms with Crippen molar-refractivity contribution in [1.82, 2.24) is 10.2 Å². The molecule has 1 atom stereocenters. The normalized spacial score (nSPS) is 14.7. The summed E-state index contributed by atoms with van der Waals surface area (Å²) < 4.78 is 29.1. The van der Waals surface area contributed by atoms with Gasteiger partial charge in [0.25, 0.3) is 10.0 Å². The van der Waals surface area contributed by atoms with Crippen LogP contribution in [0.4, 0.5) is 5.69 Å². The Kier molecular flexibility index (Phi) is 10.9. The fourth-order valence-corrected chi connectivity index (χ4v) is 7.13. The average Bonchev–Trinajstić information content (AvgIpc) is 2.98. The van der Waals surface area contributed by atoms with E-state index in [2.05, 4.69) is 5.32 Å². The molecule has 42 heavy (non-hydrogen) atoms. The Labute approximate surface area is 258 Å². The van der Waals surface area contributed by atoms with Crippen LogP contribution in [0.2, 0.25) is 10.0 Å². The highest BCUT2D eigenvalue weighted by Gasteiger charge is 2.35. The number of sulfonamides is 1. The predicted octanol–water partition coefficient (Wildman–Crippen LogP) is 6.75. The van der Waals surface area contributed by atoms with Crippen LogP contribution in [0.3, 0.4) is 0 Å². The number of amides is 2. The first kappa shape index (κ1) is 31.9. The molecule has 1 saturated carbocycles. The lowest BCUT2D eigenvalue weighted by Gasteiger charge is -2.34. The lowest BCUT2D eigenvalue weighted by atomic mass is 9.95. The van der Waals surface area contributed by atoms with Gasteiger partial charge in [0, 0.05) is 17.6 Å². The molecule has 3 aromatic carbocycles. The molecule has 0 heterocycles. The minimum Gasteiger partial charge on any atom is -0.352 e. The summed E-state index contributed by atoms with van der Waals surface area (Å²) in [7, 11) is -4.24. The molecule has 0 unspecified atom stereocenters. The molecule has 2 amide bonds. The van der Waals surface area contributed by atoms with Crippen molar-refractivity contribution in [2.24, 2.45) is 0 Å². The molecule has 224 valence electrons.